The predicted molar refractivity (Wildman–Crippen MR) is 112 cm³/mol. The van der Waals surface area contributed by atoms with Crippen LogP contribution in [0.2, 0.25) is 0 Å². The lowest BCUT2D eigenvalue weighted by Crippen LogP contribution is -2.32. The smallest absolute Gasteiger partial charge is 0.233 e. The fraction of sp³-hybridized carbons (Fsp3) is 0.333. The highest BCUT2D eigenvalue weighted by Crippen LogP contribution is 2.24. The maximum absolute atomic E-state index is 12.8. The molecule has 0 saturated heterocycles. The summed E-state index contributed by atoms with van der Waals surface area (Å²) >= 11 is 1.32. The predicted octanol–water partition coefficient (Wildman–Crippen LogP) is 3.22. The van der Waals surface area contributed by atoms with Gasteiger partial charge < -0.3 is 14.1 Å². The van der Waals surface area contributed by atoms with Gasteiger partial charge in [-0.3, -0.25) is 9.36 Å². The Hall–Kier alpha value is -3.09. The first-order valence-electron chi connectivity index (χ1n) is 9.50. The third kappa shape index (κ3) is 5.72. The van der Waals surface area contributed by atoms with Crippen molar-refractivity contribution >= 4 is 17.7 Å². The number of ether oxygens (including phenoxy) is 1. The number of amides is 1. The van der Waals surface area contributed by atoms with Crippen molar-refractivity contribution in [3.8, 4) is 17.5 Å². The second-order valence-corrected chi connectivity index (χ2v) is 7.35. The van der Waals surface area contributed by atoms with E-state index in [0.29, 0.717) is 37.2 Å². The zero-order chi connectivity index (χ0) is 21.2. The van der Waals surface area contributed by atoms with Crippen molar-refractivity contribution in [2.24, 2.45) is 0 Å². The largest absolute Gasteiger partial charge is 0.467 e. The van der Waals surface area contributed by atoms with Gasteiger partial charge in [-0.25, -0.2) is 0 Å². The molecule has 0 N–H and O–H groups in total. The van der Waals surface area contributed by atoms with Crippen LogP contribution in [0.3, 0.4) is 0 Å². The zero-order valence-electron chi connectivity index (χ0n) is 16.7. The summed E-state index contributed by atoms with van der Waals surface area (Å²) in [7, 11) is 1.64. The number of aromatic nitrogens is 3. The minimum Gasteiger partial charge on any atom is -0.467 e. The Kier molecular flexibility index (Phi) is 8.06. The Morgan fingerprint density at radius 3 is 2.80 bits per heavy atom. The summed E-state index contributed by atoms with van der Waals surface area (Å²) in [6.07, 6.45) is 1.83. The molecule has 30 heavy (non-hydrogen) atoms. The number of carbonyl (C=O) groups excluding carboxylic acids is 1. The summed E-state index contributed by atoms with van der Waals surface area (Å²) in [6.45, 7) is 1.77. The van der Waals surface area contributed by atoms with Crippen molar-refractivity contribution in [2.75, 3.05) is 26.0 Å². The lowest BCUT2D eigenvalue weighted by Gasteiger charge is -2.20. The molecule has 0 saturated carbocycles. The van der Waals surface area contributed by atoms with E-state index in [1.165, 1.54) is 11.8 Å². The Labute approximate surface area is 179 Å². The average Bonchev–Trinajstić information content (AvgIpc) is 3.43. The molecule has 2 aromatic heterocycles. The van der Waals surface area contributed by atoms with E-state index >= 15 is 0 Å². The molecule has 2 heterocycles. The highest BCUT2D eigenvalue weighted by Gasteiger charge is 2.19. The molecule has 1 aromatic carbocycles. The van der Waals surface area contributed by atoms with Crippen molar-refractivity contribution in [1.29, 1.82) is 5.26 Å². The average molecular weight is 426 g/mol. The minimum atomic E-state index is -0.0887. The number of hydrogen-bond acceptors (Lipinski definition) is 7. The van der Waals surface area contributed by atoms with Gasteiger partial charge in [-0.1, -0.05) is 42.1 Å². The number of furan rings is 1. The second kappa shape index (κ2) is 11.2. The third-order valence-electron chi connectivity index (χ3n) is 4.37. The molecule has 3 aromatic rings. The van der Waals surface area contributed by atoms with Crippen molar-refractivity contribution in [2.45, 2.75) is 24.7 Å². The summed E-state index contributed by atoms with van der Waals surface area (Å²) in [5.41, 5.74) is 0.952. The fourth-order valence-corrected chi connectivity index (χ4v) is 3.73. The van der Waals surface area contributed by atoms with E-state index in [-0.39, 0.29) is 18.1 Å². The maximum Gasteiger partial charge on any atom is 0.233 e. The Morgan fingerprint density at radius 1 is 1.27 bits per heavy atom. The van der Waals surface area contributed by atoms with Crippen molar-refractivity contribution < 1.29 is 13.9 Å². The number of hydrogen-bond donors (Lipinski definition) is 0. The molecule has 0 aliphatic carbocycles. The Bertz CT molecular complexity index is 966. The van der Waals surface area contributed by atoms with Crippen LogP contribution in [0, 0.1) is 11.3 Å². The van der Waals surface area contributed by atoms with E-state index in [1.807, 2.05) is 41.0 Å². The van der Waals surface area contributed by atoms with Crippen LogP contribution in [0.15, 0.2) is 58.3 Å². The SMILES string of the molecule is COCCn1c(SCC(=O)N(CCC#N)Cc2ccco2)nnc1-c1ccccc1. The van der Waals surface area contributed by atoms with Gasteiger partial charge in [0.2, 0.25) is 5.91 Å². The normalized spacial score (nSPS) is 10.7. The summed E-state index contributed by atoms with van der Waals surface area (Å²) < 4.78 is 12.5. The number of nitriles is 1. The molecule has 156 valence electrons. The molecular formula is C21H23N5O3S. The van der Waals surface area contributed by atoms with Crippen LogP contribution in [0.4, 0.5) is 0 Å². The molecule has 8 nitrogen and oxygen atoms in total. The van der Waals surface area contributed by atoms with Gasteiger partial charge in [-0.2, -0.15) is 5.26 Å². The van der Waals surface area contributed by atoms with Crippen LogP contribution in [-0.4, -0.2) is 51.6 Å². The first kappa shape index (κ1) is 21.6. The van der Waals surface area contributed by atoms with Crippen molar-refractivity contribution in [3.63, 3.8) is 0 Å². The lowest BCUT2D eigenvalue weighted by molar-refractivity contribution is -0.129. The summed E-state index contributed by atoms with van der Waals surface area (Å²) in [5, 5.41) is 18.2. The highest BCUT2D eigenvalue weighted by molar-refractivity contribution is 7.99. The van der Waals surface area contributed by atoms with E-state index in [4.69, 9.17) is 14.4 Å². The van der Waals surface area contributed by atoms with Gasteiger partial charge >= 0.3 is 0 Å². The van der Waals surface area contributed by atoms with Gasteiger partial charge in [0.05, 0.1) is 44.2 Å². The van der Waals surface area contributed by atoms with Crippen molar-refractivity contribution in [1.82, 2.24) is 19.7 Å². The van der Waals surface area contributed by atoms with Gasteiger partial charge in [0, 0.05) is 19.2 Å². The van der Waals surface area contributed by atoms with Gasteiger partial charge in [-0.15, -0.1) is 10.2 Å². The van der Waals surface area contributed by atoms with Crippen LogP contribution in [0.1, 0.15) is 12.2 Å². The number of benzene rings is 1. The number of carbonyl (C=O) groups is 1. The molecule has 1 amide bonds. The first-order chi connectivity index (χ1) is 14.7. The van der Waals surface area contributed by atoms with Gasteiger partial charge in [0.1, 0.15) is 5.76 Å². The van der Waals surface area contributed by atoms with E-state index in [2.05, 4.69) is 16.3 Å². The minimum absolute atomic E-state index is 0.0887. The molecule has 0 atom stereocenters. The van der Waals surface area contributed by atoms with E-state index < -0.39 is 0 Å². The molecule has 0 unspecified atom stereocenters. The quantitative estimate of drug-likeness (QED) is 0.435. The standard InChI is InChI=1S/C21H23N5O3S/c1-28-14-12-26-20(17-7-3-2-4-8-17)23-24-21(26)30-16-19(27)25(11-6-10-22)15-18-9-5-13-29-18/h2-5,7-9,13H,6,11-12,14-16H2,1H3. The molecule has 3 rings (SSSR count). The van der Waals surface area contributed by atoms with Gasteiger partial charge in [0.25, 0.3) is 0 Å². The monoisotopic (exact) mass is 425 g/mol. The zero-order valence-corrected chi connectivity index (χ0v) is 17.5. The van der Waals surface area contributed by atoms with E-state index in [1.54, 1.807) is 24.3 Å². The van der Waals surface area contributed by atoms with Crippen LogP contribution in [0.25, 0.3) is 11.4 Å². The van der Waals surface area contributed by atoms with E-state index in [0.717, 1.165) is 11.4 Å². The molecule has 0 fully saturated rings. The van der Waals surface area contributed by atoms with Gasteiger partial charge in [-0.05, 0) is 12.1 Å². The van der Waals surface area contributed by atoms with Gasteiger partial charge in [0.15, 0.2) is 11.0 Å². The van der Waals surface area contributed by atoms with Crippen LogP contribution in [-0.2, 0) is 22.6 Å². The molecule has 0 bridgehead atoms. The maximum atomic E-state index is 12.8. The summed E-state index contributed by atoms with van der Waals surface area (Å²) in [5.74, 6) is 1.51. The summed E-state index contributed by atoms with van der Waals surface area (Å²) in [4.78, 5) is 14.5. The third-order valence-corrected chi connectivity index (χ3v) is 5.32. The number of thioether (sulfide) groups is 1. The number of rotatable bonds is 11. The number of nitrogens with zero attached hydrogens (tertiary/aromatic N) is 5. The number of methoxy groups -OCH3 is 1. The first-order valence-corrected chi connectivity index (χ1v) is 10.5. The van der Waals surface area contributed by atoms with Crippen LogP contribution in [0.5, 0.6) is 0 Å². The molecule has 9 heteroatoms. The molecule has 0 spiro atoms. The van der Waals surface area contributed by atoms with Crippen LogP contribution >= 0.6 is 11.8 Å². The topological polar surface area (TPSA) is 97.2 Å². The molecular weight excluding hydrogens is 402 g/mol. The molecule has 0 radical (unpaired) electrons. The fourth-order valence-electron chi connectivity index (χ4n) is 2.87. The Balaban J connectivity index is 1.72. The molecule has 0 aliphatic rings. The Morgan fingerprint density at radius 2 is 2.10 bits per heavy atom. The lowest BCUT2D eigenvalue weighted by atomic mass is 10.2. The molecule has 0 aliphatic heterocycles. The summed E-state index contributed by atoms with van der Waals surface area (Å²) in [6, 6.07) is 15.5. The van der Waals surface area contributed by atoms with E-state index in [9.17, 15) is 4.79 Å². The highest BCUT2D eigenvalue weighted by atomic mass is 32.2. The second-order valence-electron chi connectivity index (χ2n) is 6.41. The van der Waals surface area contributed by atoms with Crippen LogP contribution < -0.4 is 0 Å². The van der Waals surface area contributed by atoms with Crippen molar-refractivity contribution in [3.05, 3.63) is 54.5 Å².